The number of thiocarbonyl (C=S) groups is 1. The number of nitrogens with two attached hydrogens (primary N) is 1. The summed E-state index contributed by atoms with van der Waals surface area (Å²) in [5.41, 5.74) is 7.25. The van der Waals surface area contributed by atoms with E-state index in [2.05, 4.69) is 5.32 Å². The molecule has 6 heteroatoms. The summed E-state index contributed by atoms with van der Waals surface area (Å²) >= 11 is 11.5. The fourth-order valence-electron chi connectivity index (χ4n) is 2.40. The Morgan fingerprint density at radius 3 is 2.95 bits per heavy atom. The lowest BCUT2D eigenvalue weighted by atomic mass is 10.0. The van der Waals surface area contributed by atoms with Gasteiger partial charge in [0.1, 0.15) is 6.04 Å². The van der Waals surface area contributed by atoms with Crippen molar-refractivity contribution in [1.29, 1.82) is 0 Å². The molecule has 2 rings (SSSR count). The van der Waals surface area contributed by atoms with Crippen LogP contribution < -0.4 is 11.1 Å². The van der Waals surface area contributed by atoms with Crippen molar-refractivity contribution >= 4 is 40.5 Å². The minimum Gasteiger partial charge on any atom is -0.368 e. The van der Waals surface area contributed by atoms with Crippen molar-refractivity contribution in [1.82, 2.24) is 4.90 Å². The van der Waals surface area contributed by atoms with Crippen LogP contribution in [0, 0.1) is 6.92 Å². The molecule has 1 amide bonds. The number of hydrogen-bond donors (Lipinski definition) is 2. The van der Waals surface area contributed by atoms with Gasteiger partial charge in [-0.15, -0.1) is 0 Å². The van der Waals surface area contributed by atoms with Gasteiger partial charge >= 0.3 is 0 Å². The molecular weight excluding hydrogens is 294 g/mol. The molecule has 1 atom stereocenters. The van der Waals surface area contributed by atoms with Gasteiger partial charge in [0.05, 0.1) is 0 Å². The molecule has 20 heavy (non-hydrogen) atoms. The van der Waals surface area contributed by atoms with Gasteiger partial charge in [-0.2, -0.15) is 0 Å². The summed E-state index contributed by atoms with van der Waals surface area (Å²) in [6, 6.07) is 5.29. The minimum atomic E-state index is -0.323. The number of piperidine rings is 1. The van der Waals surface area contributed by atoms with Crippen molar-refractivity contribution in [3.05, 3.63) is 28.8 Å². The average Bonchev–Trinajstić information content (AvgIpc) is 2.43. The predicted octanol–water partition coefficient (Wildman–Crippen LogP) is 2.69. The highest BCUT2D eigenvalue weighted by Gasteiger charge is 2.28. The van der Waals surface area contributed by atoms with Crippen molar-refractivity contribution in [2.24, 2.45) is 5.73 Å². The molecule has 0 saturated carbocycles. The zero-order valence-corrected chi connectivity index (χ0v) is 12.9. The molecule has 0 unspecified atom stereocenters. The summed E-state index contributed by atoms with van der Waals surface area (Å²) in [4.78, 5) is 13.4. The largest absolute Gasteiger partial charge is 0.368 e. The maximum atomic E-state index is 11.5. The number of benzene rings is 1. The lowest BCUT2D eigenvalue weighted by molar-refractivity contribution is -0.122. The van der Waals surface area contributed by atoms with Crippen molar-refractivity contribution < 1.29 is 4.79 Å². The average molecular weight is 312 g/mol. The number of anilines is 1. The van der Waals surface area contributed by atoms with E-state index in [0.29, 0.717) is 10.1 Å². The lowest BCUT2D eigenvalue weighted by Gasteiger charge is -2.35. The van der Waals surface area contributed by atoms with Gasteiger partial charge in [0.15, 0.2) is 5.11 Å². The van der Waals surface area contributed by atoms with Gasteiger partial charge in [-0.05, 0) is 56.1 Å². The quantitative estimate of drug-likeness (QED) is 0.825. The van der Waals surface area contributed by atoms with Crippen molar-refractivity contribution in [2.45, 2.75) is 32.2 Å². The Hall–Kier alpha value is -1.33. The van der Waals surface area contributed by atoms with E-state index in [1.54, 1.807) is 0 Å². The van der Waals surface area contributed by atoms with E-state index < -0.39 is 0 Å². The molecule has 0 aromatic heterocycles. The Labute approximate surface area is 129 Å². The van der Waals surface area contributed by atoms with E-state index in [4.69, 9.17) is 29.6 Å². The smallest absolute Gasteiger partial charge is 0.240 e. The molecule has 0 aliphatic carbocycles. The number of amides is 1. The van der Waals surface area contributed by atoms with Gasteiger partial charge in [-0.3, -0.25) is 4.79 Å². The molecule has 1 fully saturated rings. The Bertz CT molecular complexity index is 535. The normalized spacial score (nSPS) is 18.7. The van der Waals surface area contributed by atoms with E-state index >= 15 is 0 Å². The Balaban J connectivity index is 2.14. The Morgan fingerprint density at radius 2 is 2.25 bits per heavy atom. The molecule has 0 radical (unpaired) electrons. The number of likely N-dealkylation sites (tertiary alicyclic amines) is 1. The van der Waals surface area contributed by atoms with Crippen molar-refractivity contribution in [3.63, 3.8) is 0 Å². The lowest BCUT2D eigenvalue weighted by Crippen LogP contribution is -2.51. The number of nitrogens with one attached hydrogen (secondary N) is 1. The van der Waals surface area contributed by atoms with Crippen LogP contribution in [0.15, 0.2) is 18.2 Å². The number of carbonyl (C=O) groups is 1. The van der Waals surface area contributed by atoms with Gasteiger partial charge in [0.25, 0.3) is 0 Å². The minimum absolute atomic E-state index is 0.316. The highest BCUT2D eigenvalue weighted by molar-refractivity contribution is 7.80. The molecule has 1 aliphatic heterocycles. The second-order valence-corrected chi connectivity index (χ2v) is 5.74. The summed E-state index contributed by atoms with van der Waals surface area (Å²) in [5.74, 6) is -0.323. The Morgan fingerprint density at radius 1 is 1.50 bits per heavy atom. The zero-order chi connectivity index (χ0) is 14.7. The highest BCUT2D eigenvalue weighted by atomic mass is 35.5. The van der Waals surface area contributed by atoms with E-state index in [1.165, 1.54) is 0 Å². The first-order chi connectivity index (χ1) is 9.50. The van der Waals surface area contributed by atoms with E-state index in [9.17, 15) is 4.79 Å². The second-order valence-electron chi connectivity index (χ2n) is 4.95. The van der Waals surface area contributed by atoms with Crippen LogP contribution in [0.1, 0.15) is 24.8 Å². The third-order valence-corrected chi connectivity index (χ3v) is 4.35. The number of carbonyl (C=O) groups excluding carboxylic acids is 1. The number of primary amides is 1. The van der Waals surface area contributed by atoms with Gasteiger partial charge in [0.2, 0.25) is 5.91 Å². The van der Waals surface area contributed by atoms with Crippen LogP contribution in [0.2, 0.25) is 5.02 Å². The SMILES string of the molecule is Cc1c(Cl)cccc1NC(=S)N1CCCC[C@@H]1C(N)=O. The zero-order valence-electron chi connectivity index (χ0n) is 11.4. The van der Waals surface area contributed by atoms with E-state index in [1.807, 2.05) is 30.0 Å². The Kier molecular flexibility index (Phi) is 4.83. The molecular formula is C14H18ClN3OS. The van der Waals surface area contributed by atoms with E-state index in [-0.39, 0.29) is 11.9 Å². The first-order valence-electron chi connectivity index (χ1n) is 6.62. The number of hydrogen-bond acceptors (Lipinski definition) is 2. The maximum absolute atomic E-state index is 11.5. The molecule has 108 valence electrons. The predicted molar refractivity (Wildman–Crippen MR) is 85.9 cm³/mol. The van der Waals surface area contributed by atoms with Crippen LogP contribution >= 0.6 is 23.8 Å². The molecule has 1 aromatic rings. The molecule has 1 saturated heterocycles. The number of nitrogens with zero attached hydrogens (tertiary/aromatic N) is 1. The molecule has 0 bridgehead atoms. The molecule has 1 heterocycles. The first-order valence-corrected chi connectivity index (χ1v) is 7.41. The van der Waals surface area contributed by atoms with E-state index in [0.717, 1.165) is 37.1 Å². The maximum Gasteiger partial charge on any atom is 0.240 e. The van der Waals surface area contributed by atoms with Gasteiger partial charge in [-0.1, -0.05) is 17.7 Å². The fourth-order valence-corrected chi connectivity index (χ4v) is 2.90. The van der Waals surface area contributed by atoms with Crippen LogP contribution in [0.4, 0.5) is 5.69 Å². The highest BCUT2D eigenvalue weighted by Crippen LogP contribution is 2.24. The summed E-state index contributed by atoms with van der Waals surface area (Å²) < 4.78 is 0. The van der Waals surface area contributed by atoms with Crippen LogP contribution in [0.25, 0.3) is 0 Å². The molecule has 0 spiro atoms. The van der Waals surface area contributed by atoms with Crippen LogP contribution in [-0.4, -0.2) is 28.5 Å². The van der Waals surface area contributed by atoms with Crippen molar-refractivity contribution in [3.8, 4) is 0 Å². The summed E-state index contributed by atoms with van der Waals surface area (Å²) in [7, 11) is 0. The van der Waals surface area contributed by atoms with Gasteiger partial charge < -0.3 is 16.0 Å². The second kappa shape index (κ2) is 6.41. The molecule has 4 nitrogen and oxygen atoms in total. The van der Waals surface area contributed by atoms with Crippen LogP contribution in [0.3, 0.4) is 0 Å². The number of halogens is 1. The molecule has 1 aliphatic rings. The third-order valence-electron chi connectivity index (χ3n) is 3.60. The summed E-state index contributed by atoms with van der Waals surface area (Å²) in [5, 5.41) is 4.38. The van der Waals surface area contributed by atoms with Crippen LogP contribution in [0.5, 0.6) is 0 Å². The summed E-state index contributed by atoms with van der Waals surface area (Å²) in [6.45, 7) is 2.67. The van der Waals surface area contributed by atoms with Crippen LogP contribution in [-0.2, 0) is 4.79 Å². The summed E-state index contributed by atoms with van der Waals surface area (Å²) in [6.07, 6.45) is 2.77. The monoisotopic (exact) mass is 311 g/mol. The number of rotatable bonds is 2. The topological polar surface area (TPSA) is 58.4 Å². The van der Waals surface area contributed by atoms with Crippen molar-refractivity contribution in [2.75, 3.05) is 11.9 Å². The third kappa shape index (κ3) is 3.22. The molecule has 1 aromatic carbocycles. The molecule has 3 N–H and O–H groups in total. The standard InChI is InChI=1S/C14H18ClN3OS/c1-9-10(15)5-4-6-11(9)17-14(20)18-8-3-2-7-12(18)13(16)19/h4-6,12H,2-3,7-8H2,1H3,(H2,16,19)(H,17,20)/t12-/m1/s1. The van der Waals surface area contributed by atoms with Gasteiger partial charge in [0, 0.05) is 17.3 Å². The fraction of sp³-hybridized carbons (Fsp3) is 0.429. The van der Waals surface area contributed by atoms with Gasteiger partial charge in [-0.25, -0.2) is 0 Å². The first kappa shape index (κ1) is 15.1.